The van der Waals surface area contributed by atoms with Crippen LogP contribution < -0.4 is 11.3 Å². The second-order valence-corrected chi connectivity index (χ2v) is 5.05. The molecule has 1 heterocycles. The van der Waals surface area contributed by atoms with Crippen molar-refractivity contribution in [3.05, 3.63) is 23.5 Å². The number of aryl methyl sites for hydroxylation is 1. The first-order valence-corrected chi connectivity index (χ1v) is 6.91. The van der Waals surface area contributed by atoms with Gasteiger partial charge in [-0.25, -0.2) is 0 Å². The van der Waals surface area contributed by atoms with E-state index in [1.807, 2.05) is 18.7 Å². The lowest BCUT2D eigenvalue weighted by Crippen LogP contribution is -2.39. The summed E-state index contributed by atoms with van der Waals surface area (Å²) in [5, 5.41) is 0. The van der Waals surface area contributed by atoms with Gasteiger partial charge in [0.1, 0.15) is 0 Å². The molecule has 0 aromatic carbocycles. The molecular formula is C14H22N4O. The summed E-state index contributed by atoms with van der Waals surface area (Å²) in [6.45, 7) is 4.62. The van der Waals surface area contributed by atoms with Gasteiger partial charge >= 0.3 is 0 Å². The Morgan fingerprint density at radius 3 is 2.79 bits per heavy atom. The molecule has 1 aromatic rings. The summed E-state index contributed by atoms with van der Waals surface area (Å²) in [6.07, 6.45) is 6.24. The van der Waals surface area contributed by atoms with E-state index < -0.39 is 0 Å². The summed E-state index contributed by atoms with van der Waals surface area (Å²) in [4.78, 5) is 18.8. The molecule has 0 atom stereocenters. The maximum Gasteiger partial charge on any atom is 0.257 e. The summed E-state index contributed by atoms with van der Waals surface area (Å²) in [6, 6.07) is 2.17. The average Bonchev–Trinajstić information content (AvgIpc) is 2.93. The Morgan fingerprint density at radius 2 is 2.21 bits per heavy atom. The Labute approximate surface area is 114 Å². The summed E-state index contributed by atoms with van der Waals surface area (Å²) in [7, 11) is 0. The molecule has 5 heteroatoms. The van der Waals surface area contributed by atoms with Crippen molar-refractivity contribution in [1.29, 1.82) is 0 Å². The maximum atomic E-state index is 12.6. The van der Waals surface area contributed by atoms with Crippen molar-refractivity contribution in [3.63, 3.8) is 0 Å². The molecule has 3 N–H and O–H groups in total. The van der Waals surface area contributed by atoms with Crippen LogP contribution in [-0.2, 0) is 0 Å². The van der Waals surface area contributed by atoms with Crippen LogP contribution in [0.25, 0.3) is 0 Å². The Kier molecular flexibility index (Phi) is 4.37. The molecule has 1 aromatic heterocycles. The van der Waals surface area contributed by atoms with Gasteiger partial charge in [-0.2, -0.15) is 0 Å². The zero-order chi connectivity index (χ0) is 13.8. The van der Waals surface area contributed by atoms with E-state index in [4.69, 9.17) is 5.84 Å². The molecule has 0 unspecified atom stereocenters. The monoisotopic (exact) mass is 262 g/mol. The minimum atomic E-state index is 0.0230. The minimum Gasteiger partial charge on any atom is -0.336 e. The zero-order valence-corrected chi connectivity index (χ0v) is 11.6. The number of anilines is 1. The topological polar surface area (TPSA) is 71.2 Å². The molecule has 104 valence electrons. The van der Waals surface area contributed by atoms with Crippen molar-refractivity contribution < 1.29 is 4.79 Å². The van der Waals surface area contributed by atoms with Gasteiger partial charge in [0.15, 0.2) is 0 Å². The predicted molar refractivity (Wildman–Crippen MR) is 75.8 cm³/mol. The van der Waals surface area contributed by atoms with E-state index in [2.05, 4.69) is 10.4 Å². The third-order valence-corrected chi connectivity index (χ3v) is 3.79. The third kappa shape index (κ3) is 2.87. The second-order valence-electron chi connectivity index (χ2n) is 5.05. The fraction of sp³-hybridized carbons (Fsp3) is 0.571. The number of hydrazine groups is 1. The van der Waals surface area contributed by atoms with Gasteiger partial charge in [0.05, 0.1) is 11.3 Å². The highest BCUT2D eigenvalue weighted by atomic mass is 16.2. The smallest absolute Gasteiger partial charge is 0.257 e. The SMILES string of the molecule is CCN(C(=O)c1cnc(C)cc1NN)C1CCCC1. The van der Waals surface area contributed by atoms with Crippen LogP contribution in [0.4, 0.5) is 5.69 Å². The average molecular weight is 262 g/mol. The van der Waals surface area contributed by atoms with Gasteiger partial charge in [-0.1, -0.05) is 12.8 Å². The van der Waals surface area contributed by atoms with Crippen LogP contribution in [0.5, 0.6) is 0 Å². The number of nitrogens with one attached hydrogen (secondary N) is 1. The second kappa shape index (κ2) is 6.02. The molecule has 0 bridgehead atoms. The van der Waals surface area contributed by atoms with Crippen LogP contribution in [0.3, 0.4) is 0 Å². The van der Waals surface area contributed by atoms with Crippen LogP contribution in [-0.4, -0.2) is 28.4 Å². The molecule has 5 nitrogen and oxygen atoms in total. The number of carbonyl (C=O) groups is 1. The Bertz CT molecular complexity index is 455. The molecule has 1 fully saturated rings. The van der Waals surface area contributed by atoms with E-state index in [1.54, 1.807) is 12.3 Å². The van der Waals surface area contributed by atoms with Gasteiger partial charge < -0.3 is 10.3 Å². The van der Waals surface area contributed by atoms with Crippen molar-refractivity contribution in [2.45, 2.75) is 45.6 Å². The van der Waals surface area contributed by atoms with Crippen LogP contribution in [0.15, 0.2) is 12.3 Å². The minimum absolute atomic E-state index is 0.0230. The first-order valence-electron chi connectivity index (χ1n) is 6.91. The number of nitrogens with zero attached hydrogens (tertiary/aromatic N) is 2. The highest BCUT2D eigenvalue weighted by Gasteiger charge is 2.27. The summed E-state index contributed by atoms with van der Waals surface area (Å²) in [5.41, 5.74) is 4.64. The van der Waals surface area contributed by atoms with Gasteiger partial charge in [0.25, 0.3) is 5.91 Å². The van der Waals surface area contributed by atoms with E-state index in [0.29, 0.717) is 17.3 Å². The largest absolute Gasteiger partial charge is 0.336 e. The quantitative estimate of drug-likeness (QED) is 0.644. The predicted octanol–water partition coefficient (Wildman–Crippen LogP) is 2.08. The highest BCUT2D eigenvalue weighted by Crippen LogP contribution is 2.26. The van der Waals surface area contributed by atoms with Gasteiger partial charge in [0, 0.05) is 24.5 Å². The molecule has 19 heavy (non-hydrogen) atoms. The first-order chi connectivity index (χ1) is 9.17. The highest BCUT2D eigenvalue weighted by molar-refractivity contribution is 5.99. The van der Waals surface area contributed by atoms with Crippen molar-refractivity contribution in [2.75, 3.05) is 12.0 Å². The van der Waals surface area contributed by atoms with E-state index in [9.17, 15) is 4.79 Å². The maximum absolute atomic E-state index is 12.6. The van der Waals surface area contributed by atoms with Crippen molar-refractivity contribution in [1.82, 2.24) is 9.88 Å². The summed E-state index contributed by atoms with van der Waals surface area (Å²) in [5.74, 6) is 5.53. The van der Waals surface area contributed by atoms with Crippen LogP contribution in [0, 0.1) is 6.92 Å². The summed E-state index contributed by atoms with van der Waals surface area (Å²) < 4.78 is 0. The van der Waals surface area contributed by atoms with Crippen LogP contribution in [0.1, 0.15) is 48.7 Å². The molecular weight excluding hydrogens is 240 g/mol. The van der Waals surface area contributed by atoms with Crippen molar-refractivity contribution in [3.8, 4) is 0 Å². The molecule has 1 saturated carbocycles. The van der Waals surface area contributed by atoms with Crippen LogP contribution in [0.2, 0.25) is 0 Å². The van der Waals surface area contributed by atoms with Crippen LogP contribution >= 0.6 is 0 Å². The number of amides is 1. The molecule has 1 aliphatic rings. The van der Waals surface area contributed by atoms with E-state index >= 15 is 0 Å². The fourth-order valence-electron chi connectivity index (χ4n) is 2.79. The third-order valence-electron chi connectivity index (χ3n) is 3.79. The zero-order valence-electron chi connectivity index (χ0n) is 11.6. The molecule has 1 aliphatic carbocycles. The Hall–Kier alpha value is -1.62. The van der Waals surface area contributed by atoms with E-state index in [-0.39, 0.29) is 5.91 Å². The van der Waals surface area contributed by atoms with Gasteiger partial charge in [-0.3, -0.25) is 15.6 Å². The lowest BCUT2D eigenvalue weighted by atomic mass is 10.1. The molecule has 0 radical (unpaired) electrons. The van der Waals surface area contributed by atoms with Gasteiger partial charge in [-0.05, 0) is 32.8 Å². The number of nitrogen functional groups attached to an aromatic ring is 1. The van der Waals surface area contributed by atoms with Crippen molar-refractivity contribution in [2.24, 2.45) is 5.84 Å². The Balaban J connectivity index is 2.26. The van der Waals surface area contributed by atoms with E-state index in [1.165, 1.54) is 12.8 Å². The Morgan fingerprint density at radius 1 is 1.53 bits per heavy atom. The molecule has 0 aliphatic heterocycles. The van der Waals surface area contributed by atoms with Gasteiger partial charge in [-0.15, -0.1) is 0 Å². The number of carbonyl (C=O) groups excluding carboxylic acids is 1. The summed E-state index contributed by atoms with van der Waals surface area (Å²) >= 11 is 0. The van der Waals surface area contributed by atoms with E-state index in [0.717, 1.165) is 25.1 Å². The number of pyridine rings is 1. The lowest BCUT2D eigenvalue weighted by molar-refractivity contribution is 0.0694. The number of nitrogens with two attached hydrogens (primary N) is 1. The fourth-order valence-corrected chi connectivity index (χ4v) is 2.79. The first kappa shape index (κ1) is 13.8. The number of hydrogen-bond donors (Lipinski definition) is 2. The van der Waals surface area contributed by atoms with Gasteiger partial charge in [0.2, 0.25) is 0 Å². The molecule has 1 amide bonds. The lowest BCUT2D eigenvalue weighted by Gasteiger charge is -2.28. The molecule has 0 spiro atoms. The standard InChI is InChI=1S/C14H22N4O/c1-3-18(11-6-4-5-7-11)14(19)12-9-16-10(2)8-13(12)17-15/h8-9,11H,3-7,15H2,1-2H3,(H,16,17). The molecule has 2 rings (SSSR count). The molecule has 0 saturated heterocycles. The number of rotatable bonds is 4. The number of hydrogen-bond acceptors (Lipinski definition) is 4. The normalized spacial score (nSPS) is 15.5. The van der Waals surface area contributed by atoms with Crippen molar-refractivity contribution >= 4 is 11.6 Å². The number of aromatic nitrogens is 1.